The fraction of sp³-hybridized carbons (Fsp3) is 0.857. The number of rotatable bonds is 2. The molecule has 1 saturated heterocycles. The van der Waals surface area contributed by atoms with Gasteiger partial charge in [-0.3, -0.25) is 4.79 Å². The normalized spacial score (nSPS) is 31.6. The van der Waals surface area contributed by atoms with E-state index in [9.17, 15) is 4.79 Å². The van der Waals surface area contributed by atoms with Gasteiger partial charge in [0, 0.05) is 19.1 Å². The van der Waals surface area contributed by atoms with Crippen molar-refractivity contribution in [2.24, 2.45) is 0 Å². The van der Waals surface area contributed by atoms with Crippen molar-refractivity contribution in [1.82, 2.24) is 16.0 Å². The van der Waals surface area contributed by atoms with Gasteiger partial charge in [-0.2, -0.15) is 0 Å². The monoisotopic (exact) mass is 157 g/mol. The second-order valence-corrected chi connectivity index (χ2v) is 2.93. The highest BCUT2D eigenvalue weighted by Gasteiger charge is 2.23. The Morgan fingerprint density at radius 3 is 3.00 bits per heavy atom. The lowest BCUT2D eigenvalue weighted by Gasteiger charge is -2.27. The minimum absolute atomic E-state index is 0.0591. The van der Waals surface area contributed by atoms with Gasteiger partial charge in [-0.05, 0) is 14.0 Å². The molecule has 1 heterocycles. The molecule has 1 rings (SSSR count). The molecule has 3 N–H and O–H groups in total. The minimum atomic E-state index is -0.0591. The number of piperazine rings is 1. The third-order valence-corrected chi connectivity index (χ3v) is 1.78. The van der Waals surface area contributed by atoms with Gasteiger partial charge in [0.05, 0.1) is 6.04 Å². The summed E-state index contributed by atoms with van der Waals surface area (Å²) in [6, 6.07) is 0.201. The Balaban J connectivity index is 2.38. The second kappa shape index (κ2) is 3.69. The van der Waals surface area contributed by atoms with E-state index in [4.69, 9.17) is 0 Å². The number of likely N-dealkylation sites (N-methyl/N-ethyl adjacent to an activating group) is 1. The second-order valence-electron chi connectivity index (χ2n) is 2.93. The molecule has 0 bridgehead atoms. The van der Waals surface area contributed by atoms with Crippen molar-refractivity contribution in [3.05, 3.63) is 0 Å². The third-order valence-electron chi connectivity index (χ3n) is 1.78. The van der Waals surface area contributed by atoms with Gasteiger partial charge >= 0.3 is 0 Å². The Bertz CT molecular complexity index is 149. The molecule has 0 aromatic heterocycles. The van der Waals surface area contributed by atoms with Crippen LogP contribution in [-0.2, 0) is 4.79 Å². The van der Waals surface area contributed by atoms with E-state index in [1.165, 1.54) is 0 Å². The fourth-order valence-electron chi connectivity index (χ4n) is 1.18. The summed E-state index contributed by atoms with van der Waals surface area (Å²) in [5.74, 6) is 0.0955. The first-order chi connectivity index (χ1) is 5.24. The molecule has 0 radical (unpaired) electrons. The van der Waals surface area contributed by atoms with E-state index < -0.39 is 0 Å². The number of hydrogen-bond acceptors (Lipinski definition) is 3. The van der Waals surface area contributed by atoms with Crippen molar-refractivity contribution in [1.29, 1.82) is 0 Å². The van der Waals surface area contributed by atoms with E-state index in [0.29, 0.717) is 6.54 Å². The molecule has 11 heavy (non-hydrogen) atoms. The first-order valence-corrected chi connectivity index (χ1v) is 3.92. The molecular weight excluding hydrogens is 142 g/mol. The van der Waals surface area contributed by atoms with E-state index in [2.05, 4.69) is 16.0 Å². The predicted octanol–water partition coefficient (Wildman–Crippen LogP) is -1.32. The van der Waals surface area contributed by atoms with Gasteiger partial charge in [-0.1, -0.05) is 0 Å². The first-order valence-electron chi connectivity index (χ1n) is 3.92. The fourth-order valence-corrected chi connectivity index (χ4v) is 1.18. The zero-order valence-electron chi connectivity index (χ0n) is 6.98. The number of nitrogens with one attached hydrogen (secondary N) is 3. The standard InChI is InChI=1S/C7H15N3O/c1-5-3-9-6(4-8-2)7(11)10-5/h5-6,8-9H,3-4H2,1-2H3,(H,10,11). The van der Waals surface area contributed by atoms with Crippen LogP contribution in [0.5, 0.6) is 0 Å². The van der Waals surface area contributed by atoms with Crippen molar-refractivity contribution >= 4 is 5.91 Å². The summed E-state index contributed by atoms with van der Waals surface area (Å²) in [5, 5.41) is 8.98. The third kappa shape index (κ3) is 2.17. The molecule has 0 aromatic carbocycles. The Kier molecular flexibility index (Phi) is 2.84. The average Bonchev–Trinajstić information content (AvgIpc) is 1.95. The summed E-state index contributed by atoms with van der Waals surface area (Å²) >= 11 is 0. The highest BCUT2D eigenvalue weighted by Crippen LogP contribution is 1.92. The number of amides is 1. The zero-order chi connectivity index (χ0) is 8.27. The molecule has 4 nitrogen and oxygen atoms in total. The van der Waals surface area contributed by atoms with E-state index >= 15 is 0 Å². The molecule has 1 aliphatic heterocycles. The zero-order valence-corrected chi connectivity index (χ0v) is 6.98. The molecule has 0 aliphatic carbocycles. The summed E-state index contributed by atoms with van der Waals surface area (Å²) < 4.78 is 0. The van der Waals surface area contributed by atoms with Crippen LogP contribution in [0.15, 0.2) is 0 Å². The van der Waals surface area contributed by atoms with Gasteiger partial charge in [0.15, 0.2) is 0 Å². The van der Waals surface area contributed by atoms with E-state index in [1.54, 1.807) is 0 Å². The molecule has 4 heteroatoms. The molecule has 0 saturated carbocycles. The highest BCUT2D eigenvalue weighted by molar-refractivity contribution is 5.83. The minimum Gasteiger partial charge on any atom is -0.351 e. The van der Waals surface area contributed by atoms with Gasteiger partial charge < -0.3 is 16.0 Å². The first kappa shape index (κ1) is 8.49. The molecule has 1 aliphatic rings. The Morgan fingerprint density at radius 1 is 1.73 bits per heavy atom. The lowest BCUT2D eigenvalue weighted by atomic mass is 10.1. The number of hydrogen-bond donors (Lipinski definition) is 3. The quantitative estimate of drug-likeness (QED) is 0.466. The van der Waals surface area contributed by atoms with Crippen molar-refractivity contribution in [2.75, 3.05) is 20.1 Å². The summed E-state index contributed by atoms with van der Waals surface area (Å²) in [6.07, 6.45) is 0. The van der Waals surface area contributed by atoms with Gasteiger partial charge in [0.2, 0.25) is 5.91 Å². The Morgan fingerprint density at radius 2 is 2.45 bits per heavy atom. The molecular formula is C7H15N3O. The van der Waals surface area contributed by atoms with Crippen molar-refractivity contribution in [2.45, 2.75) is 19.0 Å². The van der Waals surface area contributed by atoms with Crippen LogP contribution in [0, 0.1) is 0 Å². The van der Waals surface area contributed by atoms with Crippen molar-refractivity contribution in [3.8, 4) is 0 Å². The maximum absolute atomic E-state index is 11.2. The molecule has 64 valence electrons. The van der Waals surface area contributed by atoms with E-state index in [-0.39, 0.29) is 18.0 Å². The highest BCUT2D eigenvalue weighted by atomic mass is 16.2. The van der Waals surface area contributed by atoms with Gasteiger partial charge in [-0.25, -0.2) is 0 Å². The number of carbonyl (C=O) groups is 1. The van der Waals surface area contributed by atoms with Gasteiger partial charge in [0.1, 0.15) is 0 Å². The van der Waals surface area contributed by atoms with Gasteiger partial charge in [-0.15, -0.1) is 0 Å². The van der Waals surface area contributed by atoms with Crippen LogP contribution >= 0.6 is 0 Å². The topological polar surface area (TPSA) is 53.2 Å². The molecule has 0 spiro atoms. The molecule has 1 fully saturated rings. The van der Waals surface area contributed by atoms with Crippen molar-refractivity contribution in [3.63, 3.8) is 0 Å². The molecule has 2 atom stereocenters. The average molecular weight is 157 g/mol. The molecule has 2 unspecified atom stereocenters. The molecule has 0 aromatic rings. The van der Waals surface area contributed by atoms with Crippen LogP contribution in [-0.4, -0.2) is 38.1 Å². The summed E-state index contributed by atoms with van der Waals surface area (Å²) in [6.45, 7) is 3.54. The van der Waals surface area contributed by atoms with Crippen molar-refractivity contribution < 1.29 is 4.79 Å². The SMILES string of the molecule is CNCC1NCC(C)NC1=O. The lowest BCUT2D eigenvalue weighted by Crippen LogP contribution is -2.59. The Labute approximate surface area is 66.7 Å². The maximum Gasteiger partial charge on any atom is 0.238 e. The van der Waals surface area contributed by atoms with Crippen LogP contribution < -0.4 is 16.0 Å². The summed E-state index contributed by atoms with van der Waals surface area (Å²) in [5.41, 5.74) is 0. The smallest absolute Gasteiger partial charge is 0.238 e. The van der Waals surface area contributed by atoms with E-state index in [0.717, 1.165) is 6.54 Å². The maximum atomic E-state index is 11.2. The van der Waals surface area contributed by atoms with Gasteiger partial charge in [0.25, 0.3) is 0 Å². The number of carbonyl (C=O) groups excluding carboxylic acids is 1. The van der Waals surface area contributed by atoms with Crippen LogP contribution in [0.2, 0.25) is 0 Å². The Hall–Kier alpha value is -0.610. The lowest BCUT2D eigenvalue weighted by molar-refractivity contribution is -0.125. The van der Waals surface area contributed by atoms with Crippen LogP contribution in [0.4, 0.5) is 0 Å². The molecule has 1 amide bonds. The van der Waals surface area contributed by atoms with Crippen LogP contribution in [0.3, 0.4) is 0 Å². The largest absolute Gasteiger partial charge is 0.351 e. The summed E-state index contributed by atoms with van der Waals surface area (Å²) in [7, 11) is 1.84. The van der Waals surface area contributed by atoms with Crippen LogP contribution in [0.1, 0.15) is 6.92 Å². The summed E-state index contributed by atoms with van der Waals surface area (Å²) in [4.78, 5) is 11.2. The van der Waals surface area contributed by atoms with Crippen LogP contribution in [0.25, 0.3) is 0 Å². The van der Waals surface area contributed by atoms with E-state index in [1.807, 2.05) is 14.0 Å². The predicted molar refractivity (Wildman–Crippen MR) is 43.3 cm³/mol.